The Balaban J connectivity index is 1.26. The zero-order valence-electron chi connectivity index (χ0n) is 17.4. The average Bonchev–Trinajstić information content (AvgIpc) is 3.18. The predicted molar refractivity (Wildman–Crippen MR) is 114 cm³/mol. The van der Waals surface area contributed by atoms with Gasteiger partial charge in [0.15, 0.2) is 5.15 Å². The number of halogens is 1. The van der Waals surface area contributed by atoms with Gasteiger partial charge >= 0.3 is 0 Å². The molecule has 0 radical (unpaired) electrons. The summed E-state index contributed by atoms with van der Waals surface area (Å²) in [4.78, 5) is 14.5. The monoisotopic (exact) mass is 432 g/mol. The second kappa shape index (κ2) is 9.40. The highest BCUT2D eigenvalue weighted by Crippen LogP contribution is 2.39. The third-order valence-corrected chi connectivity index (χ3v) is 6.60. The number of hydrogen-bond donors (Lipinski definition) is 0. The average molecular weight is 433 g/mol. The van der Waals surface area contributed by atoms with Gasteiger partial charge in [0.2, 0.25) is 5.91 Å². The van der Waals surface area contributed by atoms with Gasteiger partial charge in [-0.1, -0.05) is 28.9 Å². The highest BCUT2D eigenvalue weighted by atomic mass is 35.5. The molecule has 0 saturated carbocycles. The molecule has 1 aromatic carbocycles. The number of rotatable bonds is 6. The van der Waals surface area contributed by atoms with Crippen LogP contribution in [0.4, 0.5) is 0 Å². The number of carbonyl (C=O) groups is 1. The van der Waals surface area contributed by atoms with E-state index in [2.05, 4.69) is 17.3 Å². The molecule has 4 rings (SSSR count). The van der Waals surface area contributed by atoms with Crippen LogP contribution in [0.1, 0.15) is 43.4 Å². The van der Waals surface area contributed by atoms with Gasteiger partial charge in [-0.05, 0) is 55.7 Å². The minimum Gasteiger partial charge on any atom is -0.497 e. The van der Waals surface area contributed by atoms with Crippen molar-refractivity contribution in [3.05, 3.63) is 46.8 Å². The number of amides is 1. The molecule has 162 valence electrons. The van der Waals surface area contributed by atoms with Crippen molar-refractivity contribution >= 4 is 17.5 Å². The summed E-state index contributed by atoms with van der Waals surface area (Å²) in [6, 6.07) is 10.0. The Morgan fingerprint density at radius 2 is 2.07 bits per heavy atom. The lowest BCUT2D eigenvalue weighted by Gasteiger charge is -2.46. The Hall–Kier alpha value is -2.05. The van der Waals surface area contributed by atoms with Crippen LogP contribution in [0.25, 0.3) is 0 Å². The zero-order valence-corrected chi connectivity index (χ0v) is 18.2. The molecule has 1 aromatic heterocycles. The van der Waals surface area contributed by atoms with Crippen molar-refractivity contribution in [3.63, 3.8) is 0 Å². The van der Waals surface area contributed by atoms with Gasteiger partial charge < -0.3 is 18.9 Å². The first-order chi connectivity index (χ1) is 14.5. The van der Waals surface area contributed by atoms with Crippen molar-refractivity contribution in [1.29, 1.82) is 0 Å². The Labute approximate surface area is 182 Å². The summed E-state index contributed by atoms with van der Waals surface area (Å²) in [5.74, 6) is 2.32. The van der Waals surface area contributed by atoms with E-state index in [4.69, 9.17) is 25.6 Å². The fourth-order valence-corrected chi connectivity index (χ4v) is 4.86. The summed E-state index contributed by atoms with van der Waals surface area (Å²) in [6.45, 7) is 2.32. The van der Waals surface area contributed by atoms with Crippen LogP contribution in [0.2, 0.25) is 5.15 Å². The molecule has 2 saturated heterocycles. The van der Waals surface area contributed by atoms with Crippen molar-refractivity contribution in [2.45, 2.75) is 50.5 Å². The van der Waals surface area contributed by atoms with Crippen LogP contribution in [0, 0.1) is 5.92 Å². The van der Waals surface area contributed by atoms with Crippen molar-refractivity contribution in [1.82, 2.24) is 10.1 Å². The van der Waals surface area contributed by atoms with Crippen molar-refractivity contribution in [2.24, 2.45) is 5.92 Å². The number of likely N-dealkylation sites (tertiary alicyclic amines) is 1. The lowest BCUT2D eigenvalue weighted by atomic mass is 9.77. The first-order valence-electron chi connectivity index (χ1n) is 10.7. The van der Waals surface area contributed by atoms with Crippen LogP contribution in [0.5, 0.6) is 5.75 Å². The number of aromatic nitrogens is 1. The summed E-state index contributed by atoms with van der Waals surface area (Å²) in [6.07, 6.45) is 5.99. The highest BCUT2D eigenvalue weighted by Gasteiger charge is 2.41. The predicted octanol–water partition coefficient (Wildman–Crippen LogP) is 4.30. The topological polar surface area (TPSA) is 64.8 Å². The van der Waals surface area contributed by atoms with Gasteiger partial charge in [0.05, 0.1) is 12.7 Å². The van der Waals surface area contributed by atoms with Gasteiger partial charge in [0.25, 0.3) is 0 Å². The van der Waals surface area contributed by atoms with Crippen molar-refractivity contribution in [3.8, 4) is 5.75 Å². The number of carbonyl (C=O) groups excluding carboxylic acids is 1. The first kappa shape index (κ1) is 21.2. The maximum absolute atomic E-state index is 12.6. The van der Waals surface area contributed by atoms with E-state index in [1.807, 2.05) is 17.0 Å². The molecule has 2 fully saturated rings. The van der Waals surface area contributed by atoms with Gasteiger partial charge in [-0.3, -0.25) is 4.79 Å². The molecule has 0 bridgehead atoms. The molecule has 7 heteroatoms. The number of ether oxygens (including phenoxy) is 2. The SMILES string of the molecule is COc1ccc(CC2CCOC3(CCN(C(=O)CCc4cc(Cl)no4)CC3)C2)cc1. The van der Waals surface area contributed by atoms with E-state index in [9.17, 15) is 4.79 Å². The minimum atomic E-state index is -0.0787. The van der Waals surface area contributed by atoms with Crippen LogP contribution in [0.15, 0.2) is 34.9 Å². The fraction of sp³-hybridized carbons (Fsp3) is 0.565. The van der Waals surface area contributed by atoms with Crippen LogP contribution >= 0.6 is 11.6 Å². The number of aryl methyl sites for hydroxylation is 1. The molecule has 1 spiro atoms. The molecule has 30 heavy (non-hydrogen) atoms. The second-order valence-electron chi connectivity index (χ2n) is 8.44. The number of nitrogens with zero attached hydrogens (tertiary/aromatic N) is 2. The smallest absolute Gasteiger partial charge is 0.223 e. The van der Waals surface area contributed by atoms with Gasteiger partial charge in [-0.15, -0.1) is 0 Å². The lowest BCUT2D eigenvalue weighted by molar-refractivity contribution is -0.147. The standard InChI is InChI=1S/C23H29ClN2O4/c1-28-19-4-2-17(3-5-19)14-18-8-13-29-23(16-18)9-11-26(12-10-23)22(27)7-6-20-15-21(24)25-30-20/h2-5,15,18H,6-14,16H2,1H3. The Morgan fingerprint density at radius 3 is 2.73 bits per heavy atom. The summed E-state index contributed by atoms with van der Waals surface area (Å²) in [7, 11) is 1.69. The molecular formula is C23H29ClN2O4. The Kier molecular flexibility index (Phi) is 6.64. The van der Waals surface area contributed by atoms with Crippen molar-refractivity contribution in [2.75, 3.05) is 26.8 Å². The molecule has 0 aliphatic carbocycles. The largest absolute Gasteiger partial charge is 0.497 e. The molecule has 1 amide bonds. The number of piperidine rings is 1. The number of benzene rings is 1. The van der Waals surface area contributed by atoms with Crippen molar-refractivity contribution < 1.29 is 18.8 Å². The molecule has 1 unspecified atom stereocenters. The molecule has 2 aromatic rings. The third kappa shape index (κ3) is 5.16. The van der Waals surface area contributed by atoms with E-state index >= 15 is 0 Å². The van der Waals surface area contributed by atoms with Crippen LogP contribution in [-0.2, 0) is 22.4 Å². The summed E-state index contributed by atoms with van der Waals surface area (Å²) < 4.78 is 16.6. The van der Waals surface area contributed by atoms with E-state index < -0.39 is 0 Å². The van der Waals surface area contributed by atoms with Crippen LogP contribution < -0.4 is 4.74 Å². The Morgan fingerprint density at radius 1 is 1.30 bits per heavy atom. The molecule has 3 heterocycles. The van der Waals surface area contributed by atoms with Gasteiger partial charge in [0.1, 0.15) is 11.5 Å². The summed E-state index contributed by atoms with van der Waals surface area (Å²) in [5.41, 5.74) is 1.27. The van der Waals surface area contributed by atoms with E-state index in [0.29, 0.717) is 29.7 Å². The molecule has 2 aliphatic rings. The molecular weight excluding hydrogens is 404 g/mol. The quantitative estimate of drug-likeness (QED) is 0.680. The Bertz CT molecular complexity index is 843. The maximum atomic E-state index is 12.6. The third-order valence-electron chi connectivity index (χ3n) is 6.42. The first-order valence-corrected chi connectivity index (χ1v) is 11.1. The minimum absolute atomic E-state index is 0.0787. The molecule has 2 aliphatic heterocycles. The van der Waals surface area contributed by atoms with E-state index in [1.165, 1.54) is 5.56 Å². The number of hydrogen-bond acceptors (Lipinski definition) is 5. The van der Waals surface area contributed by atoms with Gasteiger partial charge in [-0.25, -0.2) is 0 Å². The lowest BCUT2D eigenvalue weighted by Crippen LogP contribution is -2.51. The fourth-order valence-electron chi connectivity index (χ4n) is 4.70. The van der Waals surface area contributed by atoms with Gasteiger partial charge in [0, 0.05) is 38.6 Å². The van der Waals surface area contributed by atoms with E-state index in [-0.39, 0.29) is 11.5 Å². The van der Waals surface area contributed by atoms with Crippen LogP contribution in [-0.4, -0.2) is 48.4 Å². The number of methoxy groups -OCH3 is 1. The summed E-state index contributed by atoms with van der Waals surface area (Å²) in [5, 5.41) is 3.98. The van der Waals surface area contributed by atoms with Crippen LogP contribution in [0.3, 0.4) is 0 Å². The zero-order chi connectivity index (χ0) is 21.0. The van der Waals surface area contributed by atoms with E-state index in [1.54, 1.807) is 13.2 Å². The van der Waals surface area contributed by atoms with Gasteiger partial charge in [-0.2, -0.15) is 0 Å². The molecule has 1 atom stereocenters. The maximum Gasteiger partial charge on any atom is 0.223 e. The van der Waals surface area contributed by atoms with E-state index in [0.717, 1.165) is 57.6 Å². The molecule has 6 nitrogen and oxygen atoms in total. The second-order valence-corrected chi connectivity index (χ2v) is 8.83. The summed E-state index contributed by atoms with van der Waals surface area (Å²) >= 11 is 5.76. The normalized spacial score (nSPS) is 21.0. The highest BCUT2D eigenvalue weighted by molar-refractivity contribution is 6.29. The molecule has 0 N–H and O–H groups in total.